The molecule has 3 N–H and O–H groups in total. The molecule has 0 aromatic carbocycles. The Morgan fingerprint density at radius 3 is 2.41 bits per heavy atom. The molecule has 0 radical (unpaired) electrons. The zero-order valence-corrected chi connectivity index (χ0v) is 11.9. The molecule has 0 heterocycles. The summed E-state index contributed by atoms with van der Waals surface area (Å²) in [6.45, 7) is 6.88. The Labute approximate surface area is 108 Å². The quantitative estimate of drug-likeness (QED) is 0.638. The van der Waals surface area contributed by atoms with Crippen LogP contribution in [0.4, 0.5) is 0 Å². The van der Waals surface area contributed by atoms with E-state index in [0.717, 1.165) is 18.9 Å². The molecule has 2 heteroatoms. The van der Waals surface area contributed by atoms with E-state index in [1.54, 1.807) is 0 Å². The second kappa shape index (κ2) is 8.10. The van der Waals surface area contributed by atoms with E-state index >= 15 is 0 Å². The van der Waals surface area contributed by atoms with Gasteiger partial charge in [0.1, 0.15) is 0 Å². The lowest BCUT2D eigenvalue weighted by atomic mass is 9.80. The van der Waals surface area contributed by atoms with Crippen LogP contribution in [0.15, 0.2) is 0 Å². The minimum absolute atomic E-state index is 0.156. The predicted octanol–water partition coefficient (Wildman–Crippen LogP) is 3.45. The molecule has 102 valence electrons. The summed E-state index contributed by atoms with van der Waals surface area (Å²) in [6, 6.07) is 0. The molecule has 0 aromatic heterocycles. The highest BCUT2D eigenvalue weighted by Gasteiger charge is 2.26. The van der Waals surface area contributed by atoms with Crippen molar-refractivity contribution < 1.29 is 0 Å². The predicted molar refractivity (Wildman–Crippen MR) is 76.2 cm³/mol. The third kappa shape index (κ3) is 7.05. The van der Waals surface area contributed by atoms with Crippen molar-refractivity contribution in [2.75, 3.05) is 13.1 Å². The van der Waals surface area contributed by atoms with Gasteiger partial charge in [0.25, 0.3) is 0 Å². The van der Waals surface area contributed by atoms with Crippen LogP contribution >= 0.6 is 0 Å². The van der Waals surface area contributed by atoms with E-state index in [9.17, 15) is 0 Å². The Morgan fingerprint density at radius 2 is 1.76 bits per heavy atom. The van der Waals surface area contributed by atoms with Crippen molar-refractivity contribution in [2.24, 2.45) is 11.7 Å². The average Bonchev–Trinajstić information content (AvgIpc) is 2.28. The van der Waals surface area contributed by atoms with Gasteiger partial charge in [-0.05, 0) is 44.7 Å². The van der Waals surface area contributed by atoms with Gasteiger partial charge in [-0.3, -0.25) is 0 Å². The van der Waals surface area contributed by atoms with Crippen molar-refractivity contribution in [1.29, 1.82) is 0 Å². The van der Waals surface area contributed by atoms with Crippen LogP contribution in [0.2, 0.25) is 0 Å². The highest BCUT2D eigenvalue weighted by atomic mass is 14.9. The Bertz CT molecular complexity index is 183. The van der Waals surface area contributed by atoms with Crippen molar-refractivity contribution in [3.63, 3.8) is 0 Å². The number of nitrogens with one attached hydrogen (secondary N) is 1. The summed E-state index contributed by atoms with van der Waals surface area (Å²) in [5, 5.41) is 3.55. The molecule has 0 atom stereocenters. The van der Waals surface area contributed by atoms with Crippen molar-refractivity contribution in [3.05, 3.63) is 0 Å². The topological polar surface area (TPSA) is 38.0 Å². The zero-order valence-electron chi connectivity index (χ0n) is 11.9. The summed E-state index contributed by atoms with van der Waals surface area (Å²) in [4.78, 5) is 0. The number of rotatable bonds is 8. The summed E-state index contributed by atoms with van der Waals surface area (Å²) in [5.74, 6) is 0.851. The molecule has 0 aromatic rings. The van der Waals surface area contributed by atoms with E-state index < -0.39 is 0 Å². The second-order valence-electron chi connectivity index (χ2n) is 6.31. The van der Waals surface area contributed by atoms with Gasteiger partial charge in [-0.15, -0.1) is 0 Å². The number of nitrogens with two attached hydrogens (primary N) is 1. The lowest BCUT2D eigenvalue weighted by Gasteiger charge is -2.33. The molecule has 0 bridgehead atoms. The zero-order chi connectivity index (χ0) is 12.6. The number of hydrogen-bond acceptors (Lipinski definition) is 2. The smallest absolute Gasteiger partial charge is 0.0166 e. The first-order chi connectivity index (χ1) is 8.12. The molecule has 1 rings (SSSR count). The first kappa shape index (κ1) is 15.0. The van der Waals surface area contributed by atoms with Gasteiger partial charge in [0.05, 0.1) is 0 Å². The van der Waals surface area contributed by atoms with Crippen molar-refractivity contribution >= 4 is 0 Å². The largest absolute Gasteiger partial charge is 0.325 e. The van der Waals surface area contributed by atoms with Gasteiger partial charge in [0.2, 0.25) is 0 Å². The normalized spacial score (nSPS) is 19.8. The summed E-state index contributed by atoms with van der Waals surface area (Å²) in [5.41, 5.74) is 6.56. The minimum Gasteiger partial charge on any atom is -0.325 e. The molecule has 0 saturated heterocycles. The first-order valence-corrected chi connectivity index (χ1v) is 7.62. The van der Waals surface area contributed by atoms with Gasteiger partial charge in [-0.2, -0.15) is 0 Å². The van der Waals surface area contributed by atoms with Crippen molar-refractivity contribution in [3.8, 4) is 0 Å². The SMILES string of the molecule is CC(C)CCCCNCCC1(N)CCCCC1. The molecule has 1 fully saturated rings. The van der Waals surface area contributed by atoms with Gasteiger partial charge in [0.15, 0.2) is 0 Å². The van der Waals surface area contributed by atoms with Gasteiger partial charge in [-0.1, -0.05) is 46.0 Å². The summed E-state index contributed by atoms with van der Waals surface area (Å²) < 4.78 is 0. The van der Waals surface area contributed by atoms with E-state index in [1.165, 1.54) is 57.9 Å². The highest BCUT2D eigenvalue weighted by molar-refractivity contribution is 4.87. The molecule has 0 spiro atoms. The first-order valence-electron chi connectivity index (χ1n) is 7.62. The minimum atomic E-state index is 0.156. The summed E-state index contributed by atoms with van der Waals surface area (Å²) in [7, 11) is 0. The Hall–Kier alpha value is -0.0800. The monoisotopic (exact) mass is 240 g/mol. The third-order valence-corrected chi connectivity index (χ3v) is 4.03. The molecular weight excluding hydrogens is 208 g/mol. The lowest BCUT2D eigenvalue weighted by molar-refractivity contribution is 0.274. The lowest BCUT2D eigenvalue weighted by Crippen LogP contribution is -2.44. The second-order valence-corrected chi connectivity index (χ2v) is 6.31. The van der Waals surface area contributed by atoms with Crippen molar-refractivity contribution in [1.82, 2.24) is 5.32 Å². The third-order valence-electron chi connectivity index (χ3n) is 4.03. The Kier molecular flexibility index (Phi) is 7.14. The summed E-state index contributed by atoms with van der Waals surface area (Å²) in [6.07, 6.45) is 11.7. The molecule has 17 heavy (non-hydrogen) atoms. The van der Waals surface area contributed by atoms with E-state index in [1.807, 2.05) is 0 Å². The van der Waals surface area contributed by atoms with E-state index in [0.29, 0.717) is 0 Å². The molecule has 1 aliphatic carbocycles. The fourth-order valence-corrected chi connectivity index (χ4v) is 2.77. The molecular formula is C15H32N2. The van der Waals surface area contributed by atoms with Gasteiger partial charge in [-0.25, -0.2) is 0 Å². The average molecular weight is 240 g/mol. The number of unbranched alkanes of at least 4 members (excludes halogenated alkanes) is 1. The van der Waals surface area contributed by atoms with Crippen LogP contribution in [-0.4, -0.2) is 18.6 Å². The van der Waals surface area contributed by atoms with E-state index in [4.69, 9.17) is 5.73 Å². The standard InChI is InChI=1S/C15H32N2/c1-14(2)8-4-7-12-17-13-11-15(16)9-5-3-6-10-15/h14,17H,3-13,16H2,1-2H3. The maximum atomic E-state index is 6.40. The molecule has 2 nitrogen and oxygen atoms in total. The van der Waals surface area contributed by atoms with Crippen LogP contribution < -0.4 is 11.1 Å². The van der Waals surface area contributed by atoms with E-state index in [-0.39, 0.29) is 5.54 Å². The van der Waals surface area contributed by atoms with E-state index in [2.05, 4.69) is 19.2 Å². The molecule has 0 aliphatic heterocycles. The molecule has 0 unspecified atom stereocenters. The van der Waals surface area contributed by atoms with Crippen LogP contribution in [0.25, 0.3) is 0 Å². The molecule has 1 aliphatic rings. The van der Waals surface area contributed by atoms with Crippen LogP contribution in [0, 0.1) is 5.92 Å². The fraction of sp³-hybridized carbons (Fsp3) is 1.00. The van der Waals surface area contributed by atoms with Crippen LogP contribution in [-0.2, 0) is 0 Å². The van der Waals surface area contributed by atoms with Gasteiger partial charge in [0, 0.05) is 5.54 Å². The van der Waals surface area contributed by atoms with Gasteiger partial charge >= 0.3 is 0 Å². The maximum absolute atomic E-state index is 6.40. The van der Waals surface area contributed by atoms with Crippen LogP contribution in [0.5, 0.6) is 0 Å². The van der Waals surface area contributed by atoms with Gasteiger partial charge < -0.3 is 11.1 Å². The maximum Gasteiger partial charge on any atom is 0.0166 e. The molecule has 1 saturated carbocycles. The Balaban J connectivity index is 1.93. The van der Waals surface area contributed by atoms with Crippen LogP contribution in [0.3, 0.4) is 0 Å². The summed E-state index contributed by atoms with van der Waals surface area (Å²) >= 11 is 0. The highest BCUT2D eigenvalue weighted by Crippen LogP contribution is 2.28. The number of hydrogen-bond donors (Lipinski definition) is 2. The van der Waals surface area contributed by atoms with Crippen molar-refractivity contribution in [2.45, 2.75) is 77.2 Å². The Morgan fingerprint density at radius 1 is 1.06 bits per heavy atom. The molecule has 0 amide bonds. The fourth-order valence-electron chi connectivity index (χ4n) is 2.77. The van der Waals surface area contributed by atoms with Crippen LogP contribution in [0.1, 0.15) is 71.6 Å².